The molecular weight excluding hydrogens is 710 g/mol. The summed E-state index contributed by atoms with van der Waals surface area (Å²) in [5, 5.41) is 0. The summed E-state index contributed by atoms with van der Waals surface area (Å²) in [6.07, 6.45) is 6.88. The first kappa shape index (κ1) is 31.3. The summed E-state index contributed by atoms with van der Waals surface area (Å²) in [5.74, 6) is 3.83. The fourth-order valence-electron chi connectivity index (χ4n) is 11.5. The normalized spacial score (nSPS) is 26.1. The first-order valence-electron chi connectivity index (χ1n) is 19.0. The fraction of sp³-hybridized carbons (Fsp3) is 0.204. The van der Waals surface area contributed by atoms with Crippen LogP contribution in [0.25, 0.3) is 56.4 Å². The summed E-state index contributed by atoms with van der Waals surface area (Å²) in [6.45, 7) is 0. The molecular formula is C49H38BrN3. The number of benzene rings is 6. The smallest absolute Gasteiger partial charge is 0.164 e. The van der Waals surface area contributed by atoms with Crippen LogP contribution in [0.15, 0.2) is 162 Å². The second-order valence-corrected chi connectivity index (χ2v) is 17.0. The Balaban J connectivity index is 0.901. The molecule has 1 aromatic heterocycles. The third-order valence-electron chi connectivity index (χ3n) is 13.7. The Morgan fingerprint density at radius 1 is 0.434 bits per heavy atom. The van der Waals surface area contributed by atoms with Gasteiger partial charge < -0.3 is 0 Å². The zero-order valence-corrected chi connectivity index (χ0v) is 31.0. The Morgan fingerprint density at radius 3 is 1.53 bits per heavy atom. The van der Waals surface area contributed by atoms with E-state index >= 15 is 0 Å². The van der Waals surface area contributed by atoms with Crippen LogP contribution in [0, 0.1) is 17.3 Å². The molecule has 0 radical (unpaired) electrons. The van der Waals surface area contributed by atoms with Gasteiger partial charge in [0.25, 0.3) is 0 Å². The number of hydrogen-bond donors (Lipinski definition) is 0. The van der Waals surface area contributed by atoms with E-state index in [0.717, 1.165) is 34.1 Å². The maximum Gasteiger partial charge on any atom is 0.164 e. The van der Waals surface area contributed by atoms with Gasteiger partial charge in [0, 0.05) is 26.6 Å². The lowest BCUT2D eigenvalue weighted by atomic mass is 9.30. The molecule has 0 saturated heterocycles. The number of fused-ring (bicyclic) bond motifs is 1. The lowest BCUT2D eigenvalue weighted by molar-refractivity contribution is -0.199. The minimum atomic E-state index is 0.305. The van der Waals surface area contributed by atoms with E-state index in [1.807, 2.05) is 60.7 Å². The van der Waals surface area contributed by atoms with Gasteiger partial charge in [-0.25, -0.2) is 15.0 Å². The molecule has 4 aliphatic carbocycles. The lowest BCUT2D eigenvalue weighted by Gasteiger charge is -2.73. The molecule has 1 heterocycles. The van der Waals surface area contributed by atoms with Gasteiger partial charge in [0.2, 0.25) is 0 Å². The second-order valence-electron chi connectivity index (χ2n) is 16.1. The number of hydrogen-bond acceptors (Lipinski definition) is 3. The number of nitrogens with zero attached hydrogens (tertiary/aromatic N) is 3. The summed E-state index contributed by atoms with van der Waals surface area (Å²) in [4.78, 5) is 14.8. The third kappa shape index (κ3) is 4.67. The Morgan fingerprint density at radius 2 is 0.925 bits per heavy atom. The molecule has 4 saturated carbocycles. The number of rotatable bonds is 7. The van der Waals surface area contributed by atoms with Crippen LogP contribution in [0.1, 0.15) is 43.2 Å². The number of aromatic nitrogens is 3. The molecule has 0 aliphatic heterocycles. The van der Waals surface area contributed by atoms with Crippen molar-refractivity contribution in [3.63, 3.8) is 0 Å². The van der Waals surface area contributed by atoms with E-state index in [1.165, 1.54) is 53.3 Å². The van der Waals surface area contributed by atoms with Gasteiger partial charge in [0.05, 0.1) is 0 Å². The molecule has 11 rings (SSSR count). The quantitative estimate of drug-likeness (QED) is 0.163. The van der Waals surface area contributed by atoms with Gasteiger partial charge in [-0.2, -0.15) is 0 Å². The van der Waals surface area contributed by atoms with E-state index in [-0.39, 0.29) is 0 Å². The lowest BCUT2D eigenvalue weighted by Crippen LogP contribution is -2.69. The zero-order valence-electron chi connectivity index (χ0n) is 29.4. The van der Waals surface area contributed by atoms with Crippen molar-refractivity contribution in [2.45, 2.75) is 42.9 Å². The molecule has 5 unspecified atom stereocenters. The molecule has 6 aromatic carbocycles. The summed E-state index contributed by atoms with van der Waals surface area (Å²) in [6, 6.07) is 56.9. The van der Waals surface area contributed by atoms with Crippen molar-refractivity contribution in [2.75, 3.05) is 0 Å². The Labute approximate surface area is 319 Å². The van der Waals surface area contributed by atoms with Gasteiger partial charge in [0.1, 0.15) is 0 Å². The van der Waals surface area contributed by atoms with Crippen molar-refractivity contribution >= 4 is 15.9 Å². The van der Waals surface area contributed by atoms with E-state index in [1.54, 1.807) is 11.1 Å². The largest absolute Gasteiger partial charge is 0.208 e. The number of halogens is 1. The van der Waals surface area contributed by atoms with E-state index in [2.05, 4.69) is 113 Å². The second kappa shape index (κ2) is 11.7. The molecule has 4 heteroatoms. The molecule has 2 bridgehead atoms. The zero-order chi connectivity index (χ0) is 35.2. The molecule has 256 valence electrons. The molecule has 1 spiro atoms. The predicted octanol–water partition coefficient (Wildman–Crippen LogP) is 12.4. The highest BCUT2D eigenvalue weighted by atomic mass is 79.9. The van der Waals surface area contributed by atoms with Gasteiger partial charge >= 0.3 is 0 Å². The average molecular weight is 749 g/mol. The van der Waals surface area contributed by atoms with Crippen molar-refractivity contribution in [1.29, 1.82) is 0 Å². The summed E-state index contributed by atoms with van der Waals surface area (Å²) >= 11 is 3.68. The van der Waals surface area contributed by atoms with Crippen LogP contribution >= 0.6 is 15.9 Å². The van der Waals surface area contributed by atoms with Crippen LogP contribution in [0.3, 0.4) is 0 Å². The third-order valence-corrected chi connectivity index (χ3v) is 14.2. The van der Waals surface area contributed by atoms with E-state index in [9.17, 15) is 0 Å². The monoisotopic (exact) mass is 747 g/mol. The standard InChI is InChI=1S/C49H38BrN3/c50-43-23-21-40(22-24-43)48-29-42-27-41-28-47(30-48,31-49(41,42)48)39-19-17-32(18-20-39)35-13-7-14-36(25-35)37-15-8-16-38(26-37)46-52-44(33-9-3-1-4-10-33)51-45(53-46)34-11-5-2-6-12-34/h1-26,41-42H,27-31H2. The van der Waals surface area contributed by atoms with E-state index in [0.29, 0.717) is 33.7 Å². The average Bonchev–Trinajstić information content (AvgIpc) is 3.69. The maximum atomic E-state index is 4.98. The maximum absolute atomic E-state index is 4.98. The van der Waals surface area contributed by atoms with Crippen LogP contribution in [0.2, 0.25) is 0 Å². The van der Waals surface area contributed by atoms with Crippen LogP contribution in [-0.2, 0) is 10.8 Å². The van der Waals surface area contributed by atoms with Crippen LogP contribution in [-0.4, -0.2) is 15.0 Å². The van der Waals surface area contributed by atoms with Gasteiger partial charge in [0.15, 0.2) is 17.5 Å². The topological polar surface area (TPSA) is 38.7 Å². The van der Waals surface area contributed by atoms with Gasteiger partial charge in [-0.3, -0.25) is 0 Å². The Bertz CT molecular complexity index is 2460. The molecule has 7 aromatic rings. The van der Waals surface area contributed by atoms with E-state index < -0.39 is 0 Å². The SMILES string of the molecule is Brc1ccc(C23CC4CC5CC(c6ccc(-c7cccc(-c8cccc(-c9nc(-c%10ccccc%10)nc(-c%10ccccc%10)n9)c8)c7)cc6)(C2)CC543)cc1. The van der Waals surface area contributed by atoms with Crippen molar-refractivity contribution in [2.24, 2.45) is 17.3 Å². The molecule has 4 fully saturated rings. The first-order valence-corrected chi connectivity index (χ1v) is 19.8. The molecule has 0 N–H and O–H groups in total. The van der Waals surface area contributed by atoms with E-state index in [4.69, 9.17) is 15.0 Å². The Hall–Kier alpha value is -5.19. The van der Waals surface area contributed by atoms with Gasteiger partial charge in [-0.1, -0.05) is 149 Å². The Kier molecular flexibility index (Phi) is 6.89. The molecule has 5 atom stereocenters. The highest BCUT2D eigenvalue weighted by Gasteiger charge is 2.84. The summed E-state index contributed by atoms with van der Waals surface area (Å²) in [5.41, 5.74) is 12.1. The van der Waals surface area contributed by atoms with Crippen LogP contribution in [0.4, 0.5) is 0 Å². The van der Waals surface area contributed by atoms with Crippen LogP contribution < -0.4 is 0 Å². The first-order chi connectivity index (χ1) is 26.0. The molecule has 4 aliphatic rings. The molecule has 0 amide bonds. The predicted molar refractivity (Wildman–Crippen MR) is 217 cm³/mol. The van der Waals surface area contributed by atoms with Crippen molar-refractivity contribution in [3.05, 3.63) is 173 Å². The van der Waals surface area contributed by atoms with Crippen molar-refractivity contribution in [1.82, 2.24) is 15.0 Å². The van der Waals surface area contributed by atoms with Crippen LogP contribution in [0.5, 0.6) is 0 Å². The summed E-state index contributed by atoms with van der Waals surface area (Å²) in [7, 11) is 0. The fourth-order valence-corrected chi connectivity index (χ4v) is 11.8. The van der Waals surface area contributed by atoms with Gasteiger partial charge in [-0.15, -0.1) is 0 Å². The summed E-state index contributed by atoms with van der Waals surface area (Å²) < 4.78 is 1.18. The minimum Gasteiger partial charge on any atom is -0.208 e. The van der Waals surface area contributed by atoms with Gasteiger partial charge in [-0.05, 0) is 112 Å². The molecule has 53 heavy (non-hydrogen) atoms. The highest BCUT2D eigenvalue weighted by Crippen LogP contribution is 2.89. The van der Waals surface area contributed by atoms with Crippen molar-refractivity contribution < 1.29 is 0 Å². The molecule has 3 nitrogen and oxygen atoms in total. The highest BCUT2D eigenvalue weighted by molar-refractivity contribution is 9.10. The minimum absolute atomic E-state index is 0.305. The van der Waals surface area contributed by atoms with Crippen molar-refractivity contribution in [3.8, 4) is 56.4 Å².